The molecule has 0 saturated heterocycles. The maximum Gasteiger partial charge on any atom is 0.303 e. The molecule has 0 aliphatic carbocycles. The van der Waals surface area contributed by atoms with E-state index < -0.39 is 5.97 Å². The lowest BCUT2D eigenvalue weighted by atomic mass is 10.1. The molecule has 0 atom stereocenters. The Bertz CT molecular complexity index is 316. The van der Waals surface area contributed by atoms with Crippen LogP contribution in [0.1, 0.15) is 64.2 Å². The van der Waals surface area contributed by atoms with Gasteiger partial charge in [-0.15, -0.1) is 0 Å². The van der Waals surface area contributed by atoms with Crippen molar-refractivity contribution in [3.05, 3.63) is 36.5 Å². The predicted octanol–water partition coefficient (Wildman–Crippen LogP) is 4.63. The summed E-state index contributed by atoms with van der Waals surface area (Å²) in [4.78, 5) is 10.3. The van der Waals surface area contributed by atoms with E-state index in [2.05, 4.69) is 36.5 Å². The van der Waals surface area contributed by atoms with Gasteiger partial charge in [0.25, 0.3) is 0 Å². The van der Waals surface area contributed by atoms with Crippen LogP contribution in [0.4, 0.5) is 0 Å². The van der Waals surface area contributed by atoms with E-state index in [1.165, 1.54) is 0 Å². The number of allylic oxidation sites excluding steroid dienone is 6. The van der Waals surface area contributed by atoms with Crippen LogP contribution in [0.15, 0.2) is 36.5 Å². The summed E-state index contributed by atoms with van der Waals surface area (Å²) in [6.45, 7) is 0.305. The van der Waals surface area contributed by atoms with Crippen molar-refractivity contribution >= 4 is 5.97 Å². The second kappa shape index (κ2) is 16.7. The Kier molecular flexibility index (Phi) is 15.6. The molecule has 0 saturated carbocycles. The molecule has 2 N–H and O–H groups in total. The van der Waals surface area contributed by atoms with Gasteiger partial charge in [0.1, 0.15) is 0 Å². The van der Waals surface area contributed by atoms with E-state index in [1.54, 1.807) is 0 Å². The first-order valence-electron chi connectivity index (χ1n) is 8.05. The van der Waals surface area contributed by atoms with Gasteiger partial charge in [-0.3, -0.25) is 4.79 Å². The van der Waals surface area contributed by atoms with Crippen LogP contribution in [0.5, 0.6) is 0 Å². The number of hydrogen-bond donors (Lipinski definition) is 2. The standard InChI is InChI=1S/C18H30O3/c19-17-15-13-11-9-7-5-3-1-2-4-6-8-10-12-14-16-18(20)21/h1-2,5-8,19H,3-4,9-17H2,(H,20,21)/b2-1-,7-5-,8-6-. The first-order valence-corrected chi connectivity index (χ1v) is 8.05. The number of carboxylic acid groups (broad SMARTS) is 1. The third-order valence-corrected chi connectivity index (χ3v) is 3.08. The molecule has 0 radical (unpaired) electrons. The molecule has 0 unspecified atom stereocenters. The number of unbranched alkanes of at least 4 members (excludes halogenated alkanes) is 5. The molecular weight excluding hydrogens is 264 g/mol. The first-order chi connectivity index (χ1) is 10.3. The summed E-state index contributed by atoms with van der Waals surface area (Å²) >= 11 is 0. The second-order valence-corrected chi connectivity index (χ2v) is 5.10. The summed E-state index contributed by atoms with van der Waals surface area (Å²) < 4.78 is 0. The number of aliphatic hydroxyl groups excluding tert-OH is 1. The molecule has 3 heteroatoms. The van der Waals surface area contributed by atoms with Gasteiger partial charge in [-0.2, -0.15) is 0 Å². The number of rotatable bonds is 14. The largest absolute Gasteiger partial charge is 0.481 e. The Labute approximate surface area is 129 Å². The van der Waals surface area contributed by atoms with Gasteiger partial charge >= 0.3 is 5.97 Å². The van der Waals surface area contributed by atoms with Crippen molar-refractivity contribution in [3.63, 3.8) is 0 Å². The van der Waals surface area contributed by atoms with Crippen molar-refractivity contribution in [1.29, 1.82) is 0 Å². The number of carboxylic acids is 1. The fourth-order valence-corrected chi connectivity index (χ4v) is 1.87. The summed E-state index contributed by atoms with van der Waals surface area (Å²) in [6.07, 6.45) is 22.1. The third kappa shape index (κ3) is 18.6. The van der Waals surface area contributed by atoms with Gasteiger partial charge in [-0.25, -0.2) is 0 Å². The topological polar surface area (TPSA) is 57.5 Å². The van der Waals surface area contributed by atoms with Crippen LogP contribution < -0.4 is 0 Å². The zero-order valence-electron chi connectivity index (χ0n) is 13.0. The molecule has 0 aromatic rings. The van der Waals surface area contributed by atoms with Crippen LogP contribution in [0.3, 0.4) is 0 Å². The zero-order chi connectivity index (χ0) is 15.6. The van der Waals surface area contributed by atoms with E-state index in [9.17, 15) is 4.79 Å². The van der Waals surface area contributed by atoms with Gasteiger partial charge in [0.2, 0.25) is 0 Å². The van der Waals surface area contributed by atoms with E-state index in [1.807, 2.05) is 0 Å². The molecule has 0 aromatic heterocycles. The van der Waals surface area contributed by atoms with E-state index in [4.69, 9.17) is 10.2 Å². The molecule has 0 heterocycles. The van der Waals surface area contributed by atoms with Crippen molar-refractivity contribution in [2.45, 2.75) is 64.2 Å². The molecule has 0 fully saturated rings. The first kappa shape index (κ1) is 19.7. The fraction of sp³-hybridized carbons (Fsp3) is 0.611. The lowest BCUT2D eigenvalue weighted by Crippen LogP contribution is -1.92. The zero-order valence-corrected chi connectivity index (χ0v) is 13.0. The van der Waals surface area contributed by atoms with Gasteiger partial charge in [0.15, 0.2) is 0 Å². The number of aliphatic hydroxyl groups is 1. The van der Waals surface area contributed by atoms with Crippen LogP contribution in [0, 0.1) is 0 Å². The molecule has 0 spiro atoms. The molecule has 0 bridgehead atoms. The van der Waals surface area contributed by atoms with Gasteiger partial charge in [-0.1, -0.05) is 42.9 Å². The van der Waals surface area contributed by atoms with E-state index in [0.717, 1.165) is 57.8 Å². The fourth-order valence-electron chi connectivity index (χ4n) is 1.87. The van der Waals surface area contributed by atoms with Gasteiger partial charge < -0.3 is 10.2 Å². The van der Waals surface area contributed by atoms with Crippen LogP contribution in [0.25, 0.3) is 0 Å². The summed E-state index contributed by atoms with van der Waals surface area (Å²) in [5, 5.41) is 17.1. The SMILES string of the molecule is O=C(O)CCCC/C=C\C/C=C\C/C=C\CCCCCO. The van der Waals surface area contributed by atoms with Gasteiger partial charge in [0, 0.05) is 13.0 Å². The molecule has 120 valence electrons. The molecule has 0 aliphatic heterocycles. The highest BCUT2D eigenvalue weighted by Crippen LogP contribution is 2.02. The minimum atomic E-state index is -0.705. The van der Waals surface area contributed by atoms with Crippen molar-refractivity contribution in [3.8, 4) is 0 Å². The Morgan fingerprint density at radius 1 is 0.714 bits per heavy atom. The van der Waals surface area contributed by atoms with Crippen molar-refractivity contribution < 1.29 is 15.0 Å². The summed E-state index contributed by atoms with van der Waals surface area (Å²) in [7, 11) is 0. The van der Waals surface area contributed by atoms with E-state index >= 15 is 0 Å². The monoisotopic (exact) mass is 294 g/mol. The van der Waals surface area contributed by atoms with Crippen LogP contribution in [-0.4, -0.2) is 22.8 Å². The minimum Gasteiger partial charge on any atom is -0.481 e. The van der Waals surface area contributed by atoms with E-state index in [0.29, 0.717) is 6.61 Å². The summed E-state index contributed by atoms with van der Waals surface area (Å²) in [6, 6.07) is 0. The minimum absolute atomic E-state index is 0.278. The second-order valence-electron chi connectivity index (χ2n) is 5.10. The molecule has 0 rings (SSSR count). The molecule has 0 aliphatic rings. The van der Waals surface area contributed by atoms with Crippen LogP contribution in [-0.2, 0) is 4.79 Å². The number of aliphatic carboxylic acids is 1. The van der Waals surface area contributed by atoms with Gasteiger partial charge in [0.05, 0.1) is 0 Å². The molecule has 3 nitrogen and oxygen atoms in total. The number of hydrogen-bond acceptors (Lipinski definition) is 2. The maximum absolute atomic E-state index is 10.3. The Morgan fingerprint density at radius 3 is 1.76 bits per heavy atom. The van der Waals surface area contributed by atoms with Gasteiger partial charge in [-0.05, 0) is 51.4 Å². The highest BCUT2D eigenvalue weighted by molar-refractivity contribution is 5.66. The normalized spacial score (nSPS) is 12.0. The lowest BCUT2D eigenvalue weighted by molar-refractivity contribution is -0.137. The van der Waals surface area contributed by atoms with Crippen LogP contribution in [0.2, 0.25) is 0 Å². The average molecular weight is 294 g/mol. The Morgan fingerprint density at radius 2 is 1.24 bits per heavy atom. The third-order valence-electron chi connectivity index (χ3n) is 3.08. The predicted molar refractivity (Wildman–Crippen MR) is 88.3 cm³/mol. The van der Waals surface area contributed by atoms with Crippen LogP contribution >= 0.6 is 0 Å². The highest BCUT2D eigenvalue weighted by atomic mass is 16.4. The highest BCUT2D eigenvalue weighted by Gasteiger charge is 1.93. The summed E-state index contributed by atoms with van der Waals surface area (Å²) in [5.74, 6) is -0.705. The molecule has 0 aromatic carbocycles. The quantitative estimate of drug-likeness (QED) is 0.362. The van der Waals surface area contributed by atoms with E-state index in [-0.39, 0.29) is 6.42 Å². The van der Waals surface area contributed by atoms with Crippen molar-refractivity contribution in [1.82, 2.24) is 0 Å². The number of carbonyl (C=O) groups is 1. The maximum atomic E-state index is 10.3. The lowest BCUT2D eigenvalue weighted by Gasteiger charge is -1.93. The molecule has 0 amide bonds. The molecule has 21 heavy (non-hydrogen) atoms. The Balaban J connectivity index is 3.31. The average Bonchev–Trinajstić information content (AvgIpc) is 2.46. The van der Waals surface area contributed by atoms with Crippen molar-refractivity contribution in [2.75, 3.05) is 6.61 Å². The Hall–Kier alpha value is -1.35. The van der Waals surface area contributed by atoms with Crippen molar-refractivity contribution in [2.24, 2.45) is 0 Å². The summed E-state index contributed by atoms with van der Waals surface area (Å²) in [5.41, 5.74) is 0. The smallest absolute Gasteiger partial charge is 0.303 e. The molecular formula is C18H30O3.